The van der Waals surface area contributed by atoms with Gasteiger partial charge in [-0.3, -0.25) is 4.79 Å². The SMILES string of the molecule is CCS(=O)(=O)CCCN1C(=O)CCCc2cc(I)ccc21. The van der Waals surface area contributed by atoms with Crippen LogP contribution >= 0.6 is 22.6 Å². The van der Waals surface area contributed by atoms with E-state index in [1.807, 2.05) is 12.1 Å². The smallest absolute Gasteiger partial charge is 0.226 e. The molecule has 0 radical (unpaired) electrons. The summed E-state index contributed by atoms with van der Waals surface area (Å²) in [5, 5.41) is 0. The molecule has 1 amide bonds. The lowest BCUT2D eigenvalue weighted by molar-refractivity contribution is -0.118. The van der Waals surface area contributed by atoms with Gasteiger partial charge in [0.2, 0.25) is 5.91 Å². The standard InChI is InChI=1S/C15H20INO3S/c1-2-21(19,20)10-4-9-17-14-8-7-13(16)11-12(14)5-3-6-15(17)18/h7-8,11H,2-6,9-10H2,1H3. The Morgan fingerprint density at radius 1 is 1.29 bits per heavy atom. The van der Waals surface area contributed by atoms with Crippen LogP contribution in [0.1, 0.15) is 31.7 Å². The van der Waals surface area contributed by atoms with Crippen molar-refractivity contribution < 1.29 is 13.2 Å². The largest absolute Gasteiger partial charge is 0.312 e. The van der Waals surface area contributed by atoms with Crippen molar-refractivity contribution in [1.29, 1.82) is 0 Å². The van der Waals surface area contributed by atoms with Gasteiger partial charge in [0.05, 0.1) is 5.75 Å². The summed E-state index contributed by atoms with van der Waals surface area (Å²) in [4.78, 5) is 14.0. The van der Waals surface area contributed by atoms with Crippen LogP contribution < -0.4 is 4.90 Å². The Balaban J connectivity index is 2.15. The molecule has 1 aromatic carbocycles. The maximum atomic E-state index is 12.3. The molecule has 1 aliphatic heterocycles. The molecule has 0 unspecified atom stereocenters. The van der Waals surface area contributed by atoms with Crippen molar-refractivity contribution in [2.24, 2.45) is 0 Å². The predicted molar refractivity (Wildman–Crippen MR) is 93.4 cm³/mol. The number of rotatable bonds is 5. The van der Waals surface area contributed by atoms with Gasteiger partial charge < -0.3 is 4.90 Å². The molecule has 0 saturated carbocycles. The van der Waals surface area contributed by atoms with E-state index in [1.54, 1.807) is 11.8 Å². The van der Waals surface area contributed by atoms with Crippen molar-refractivity contribution in [3.63, 3.8) is 0 Å². The Morgan fingerprint density at radius 2 is 2.05 bits per heavy atom. The second kappa shape index (κ2) is 7.09. The highest BCUT2D eigenvalue weighted by molar-refractivity contribution is 14.1. The minimum absolute atomic E-state index is 0.101. The number of carbonyl (C=O) groups excluding carboxylic acids is 1. The number of fused-ring (bicyclic) bond motifs is 1. The summed E-state index contributed by atoms with van der Waals surface area (Å²) < 4.78 is 24.3. The average molecular weight is 421 g/mol. The number of hydrogen-bond acceptors (Lipinski definition) is 3. The summed E-state index contributed by atoms with van der Waals surface area (Å²) in [6.45, 7) is 2.13. The molecule has 6 heteroatoms. The van der Waals surface area contributed by atoms with Gasteiger partial charge >= 0.3 is 0 Å². The highest BCUT2D eigenvalue weighted by atomic mass is 127. The zero-order chi connectivity index (χ0) is 15.5. The van der Waals surface area contributed by atoms with Crippen molar-refractivity contribution in [3.05, 3.63) is 27.3 Å². The molecule has 1 heterocycles. The highest BCUT2D eigenvalue weighted by Crippen LogP contribution is 2.28. The number of carbonyl (C=O) groups is 1. The fourth-order valence-corrected chi connectivity index (χ4v) is 3.96. The third kappa shape index (κ3) is 4.42. The summed E-state index contributed by atoms with van der Waals surface area (Å²) in [5.41, 5.74) is 2.14. The summed E-state index contributed by atoms with van der Waals surface area (Å²) in [6.07, 6.45) is 2.79. The fourth-order valence-electron chi connectivity index (χ4n) is 2.55. The van der Waals surface area contributed by atoms with Gasteiger partial charge in [-0.2, -0.15) is 0 Å². The molecule has 21 heavy (non-hydrogen) atoms. The predicted octanol–water partition coefficient (Wildman–Crippen LogP) is 2.79. The van der Waals surface area contributed by atoms with Crippen LogP contribution in [0.4, 0.5) is 5.69 Å². The lowest BCUT2D eigenvalue weighted by Crippen LogP contribution is -2.32. The van der Waals surface area contributed by atoms with E-state index >= 15 is 0 Å². The summed E-state index contributed by atoms with van der Waals surface area (Å²) in [7, 11) is -2.97. The molecule has 0 saturated heterocycles. The first-order valence-electron chi connectivity index (χ1n) is 7.22. The first-order valence-corrected chi connectivity index (χ1v) is 10.1. The molecule has 0 fully saturated rings. The van der Waals surface area contributed by atoms with Crippen LogP contribution in [-0.2, 0) is 21.1 Å². The Morgan fingerprint density at radius 3 is 2.76 bits per heavy atom. The molecule has 0 bridgehead atoms. The molecule has 0 aromatic heterocycles. The monoisotopic (exact) mass is 421 g/mol. The van der Waals surface area contributed by atoms with E-state index in [0.717, 1.165) is 22.1 Å². The van der Waals surface area contributed by atoms with Gasteiger partial charge in [0, 0.05) is 28.0 Å². The van der Waals surface area contributed by atoms with Crippen LogP contribution in [0.25, 0.3) is 0 Å². The molecule has 1 aromatic rings. The fraction of sp³-hybridized carbons (Fsp3) is 0.533. The van der Waals surface area contributed by atoms with E-state index < -0.39 is 9.84 Å². The van der Waals surface area contributed by atoms with Gasteiger partial charge in [-0.1, -0.05) is 6.92 Å². The molecule has 1 aliphatic rings. The number of anilines is 1. The van der Waals surface area contributed by atoms with Gasteiger partial charge in [-0.25, -0.2) is 8.42 Å². The number of halogens is 1. The van der Waals surface area contributed by atoms with Crippen molar-refractivity contribution in [2.45, 2.75) is 32.6 Å². The van der Waals surface area contributed by atoms with Crippen LogP contribution in [0.3, 0.4) is 0 Å². The number of nitrogens with zero attached hydrogens (tertiary/aromatic N) is 1. The molecule has 4 nitrogen and oxygen atoms in total. The summed E-state index contributed by atoms with van der Waals surface area (Å²) in [6, 6.07) is 6.09. The molecule has 0 aliphatic carbocycles. The second-order valence-corrected chi connectivity index (χ2v) is 8.98. The van der Waals surface area contributed by atoms with Gasteiger partial charge in [-0.05, 0) is 65.6 Å². The summed E-state index contributed by atoms with van der Waals surface area (Å²) >= 11 is 2.27. The molecular formula is C15H20INO3S. The maximum Gasteiger partial charge on any atom is 0.226 e. The van der Waals surface area contributed by atoms with Gasteiger partial charge in [-0.15, -0.1) is 0 Å². The Kier molecular flexibility index (Phi) is 5.65. The molecule has 0 atom stereocenters. The second-order valence-electron chi connectivity index (χ2n) is 5.26. The van der Waals surface area contributed by atoms with E-state index in [0.29, 0.717) is 19.4 Å². The van der Waals surface area contributed by atoms with Crippen LogP contribution in [0.5, 0.6) is 0 Å². The Bertz CT molecular complexity index is 628. The zero-order valence-corrected chi connectivity index (χ0v) is 15.1. The minimum Gasteiger partial charge on any atom is -0.312 e. The normalized spacial score (nSPS) is 15.7. The molecule has 2 rings (SSSR count). The molecule has 116 valence electrons. The van der Waals surface area contributed by atoms with Crippen molar-refractivity contribution in [2.75, 3.05) is 23.0 Å². The quantitative estimate of drug-likeness (QED) is 0.688. The lowest BCUT2D eigenvalue weighted by Gasteiger charge is -2.23. The lowest BCUT2D eigenvalue weighted by atomic mass is 10.1. The summed E-state index contributed by atoms with van der Waals surface area (Å²) in [5.74, 6) is 0.409. The first kappa shape index (κ1) is 16.7. The number of hydrogen-bond donors (Lipinski definition) is 0. The maximum absolute atomic E-state index is 12.3. The Labute approximate surface area is 140 Å². The first-order chi connectivity index (χ1) is 9.93. The van der Waals surface area contributed by atoms with E-state index in [9.17, 15) is 13.2 Å². The van der Waals surface area contributed by atoms with Crippen LogP contribution in [-0.4, -0.2) is 32.4 Å². The average Bonchev–Trinajstić information content (AvgIpc) is 2.58. The van der Waals surface area contributed by atoms with Crippen molar-refractivity contribution in [3.8, 4) is 0 Å². The van der Waals surface area contributed by atoms with Crippen molar-refractivity contribution >= 4 is 44.0 Å². The van der Waals surface area contributed by atoms with E-state index in [1.165, 1.54) is 5.56 Å². The van der Waals surface area contributed by atoms with Crippen LogP contribution in [0.15, 0.2) is 18.2 Å². The number of aryl methyl sites for hydroxylation is 1. The Hall–Kier alpha value is -0.630. The van der Waals surface area contributed by atoms with E-state index in [4.69, 9.17) is 0 Å². The van der Waals surface area contributed by atoms with Crippen LogP contribution in [0, 0.1) is 3.57 Å². The molecular weight excluding hydrogens is 401 g/mol. The molecule has 0 spiro atoms. The minimum atomic E-state index is -2.97. The van der Waals surface area contributed by atoms with Crippen LogP contribution in [0.2, 0.25) is 0 Å². The van der Waals surface area contributed by atoms with E-state index in [-0.39, 0.29) is 17.4 Å². The van der Waals surface area contributed by atoms with Gasteiger partial charge in [0.15, 0.2) is 0 Å². The third-order valence-corrected chi connectivity index (χ3v) is 6.21. The third-order valence-electron chi connectivity index (χ3n) is 3.75. The number of sulfone groups is 1. The van der Waals surface area contributed by atoms with Crippen molar-refractivity contribution in [1.82, 2.24) is 0 Å². The number of benzene rings is 1. The molecule has 0 N–H and O–H groups in total. The van der Waals surface area contributed by atoms with E-state index in [2.05, 4.69) is 28.7 Å². The zero-order valence-electron chi connectivity index (χ0n) is 12.1. The number of amides is 1. The van der Waals surface area contributed by atoms with Gasteiger partial charge in [0.25, 0.3) is 0 Å². The highest BCUT2D eigenvalue weighted by Gasteiger charge is 2.22. The topological polar surface area (TPSA) is 54.5 Å². The van der Waals surface area contributed by atoms with Gasteiger partial charge in [0.1, 0.15) is 9.84 Å².